The van der Waals surface area contributed by atoms with Gasteiger partial charge in [0.25, 0.3) is 0 Å². The van der Waals surface area contributed by atoms with Gasteiger partial charge < -0.3 is 4.74 Å². The molecule has 0 heterocycles. The summed E-state index contributed by atoms with van der Waals surface area (Å²) < 4.78 is 31.2. The Balaban J connectivity index is 4.05. The minimum atomic E-state index is -3.52. The van der Waals surface area contributed by atoms with Gasteiger partial charge in [-0.3, -0.25) is 13.6 Å². The highest BCUT2D eigenvalue weighted by atomic mass is 31.2. The number of esters is 1. The molecule has 0 aromatic rings. The maximum Gasteiger partial charge on any atom is 0.475 e. The lowest BCUT2D eigenvalue weighted by Gasteiger charge is -2.14. The maximum atomic E-state index is 11.8. The van der Waals surface area contributed by atoms with E-state index in [1.54, 1.807) is 13.8 Å². The lowest BCUT2D eigenvalue weighted by atomic mass is 10.5. The van der Waals surface area contributed by atoms with Gasteiger partial charge in [-0.25, -0.2) is 9.36 Å². The zero-order valence-electron chi connectivity index (χ0n) is 10.7. The van der Waals surface area contributed by atoms with Crippen LogP contribution in [0.3, 0.4) is 0 Å². The maximum absolute atomic E-state index is 11.8. The summed E-state index contributed by atoms with van der Waals surface area (Å²) in [5.41, 5.74) is 0. The molecule has 0 fully saturated rings. The predicted octanol–water partition coefficient (Wildman–Crippen LogP) is 2.47. The summed E-state index contributed by atoms with van der Waals surface area (Å²) >= 11 is 0. The van der Waals surface area contributed by atoms with Gasteiger partial charge >= 0.3 is 13.8 Å². The lowest BCUT2D eigenvalue weighted by Crippen LogP contribution is -2.02. The van der Waals surface area contributed by atoms with Crippen molar-refractivity contribution in [3.8, 4) is 0 Å². The molecule has 0 aliphatic rings. The third-order valence-electron chi connectivity index (χ3n) is 1.50. The van der Waals surface area contributed by atoms with E-state index in [4.69, 9.17) is 13.6 Å². The minimum absolute atomic E-state index is 0.0690. The average molecular weight is 278 g/mol. The number of rotatable bonds is 10. The van der Waals surface area contributed by atoms with Crippen molar-refractivity contribution in [2.45, 2.75) is 13.8 Å². The Morgan fingerprint density at radius 3 is 2.28 bits per heavy atom. The van der Waals surface area contributed by atoms with Gasteiger partial charge in [0.15, 0.2) is 0 Å². The van der Waals surface area contributed by atoms with E-state index >= 15 is 0 Å². The van der Waals surface area contributed by atoms with E-state index in [-0.39, 0.29) is 26.4 Å². The first-order valence-electron chi connectivity index (χ1n) is 5.55. The number of hydrogen-bond acceptors (Lipinski definition) is 6. The standard InChI is InChI=1S/C11H19O6P/c1-4-9-14-11(12)8-7-10-17-18(13,15-5-2)16-6-3/h4,7-8H,1,5-6,9-10H2,2-3H3/b8-7+. The Morgan fingerprint density at radius 1 is 1.17 bits per heavy atom. The van der Waals surface area contributed by atoms with E-state index in [9.17, 15) is 9.36 Å². The molecule has 0 unspecified atom stereocenters. The van der Waals surface area contributed by atoms with E-state index in [1.807, 2.05) is 0 Å². The van der Waals surface area contributed by atoms with Crippen LogP contribution in [0.1, 0.15) is 13.8 Å². The Bertz CT molecular complexity index is 315. The van der Waals surface area contributed by atoms with Gasteiger partial charge in [0, 0.05) is 6.08 Å². The van der Waals surface area contributed by atoms with Crippen LogP contribution in [-0.4, -0.2) is 32.4 Å². The fraction of sp³-hybridized carbons (Fsp3) is 0.545. The van der Waals surface area contributed by atoms with Crippen molar-refractivity contribution in [2.24, 2.45) is 0 Å². The molecule has 104 valence electrons. The molecule has 18 heavy (non-hydrogen) atoms. The summed E-state index contributed by atoms with van der Waals surface area (Å²) in [6.07, 6.45) is 4.00. The van der Waals surface area contributed by atoms with E-state index < -0.39 is 13.8 Å². The SMILES string of the molecule is C=CCOC(=O)/C=C/COP(=O)(OCC)OCC. The number of hydrogen-bond donors (Lipinski definition) is 0. The molecule has 0 bridgehead atoms. The number of phosphoric acid groups is 1. The molecule has 0 aliphatic carbocycles. The van der Waals surface area contributed by atoms with Crippen molar-refractivity contribution in [1.82, 2.24) is 0 Å². The van der Waals surface area contributed by atoms with E-state index in [2.05, 4.69) is 11.3 Å². The number of ether oxygens (including phenoxy) is 1. The van der Waals surface area contributed by atoms with Crippen LogP contribution in [0.15, 0.2) is 24.8 Å². The number of carbonyl (C=O) groups is 1. The molecule has 0 saturated heterocycles. The second kappa shape index (κ2) is 10.0. The fourth-order valence-corrected chi connectivity index (χ4v) is 2.02. The van der Waals surface area contributed by atoms with Gasteiger partial charge in [-0.2, -0.15) is 0 Å². The Hall–Kier alpha value is -0.940. The van der Waals surface area contributed by atoms with Crippen LogP contribution < -0.4 is 0 Å². The first-order chi connectivity index (χ1) is 8.58. The third-order valence-corrected chi connectivity index (χ3v) is 3.11. The Labute approximate surface area is 107 Å². The summed E-state index contributed by atoms with van der Waals surface area (Å²) in [7, 11) is -3.52. The molecular weight excluding hydrogens is 259 g/mol. The molecule has 7 heteroatoms. The summed E-state index contributed by atoms with van der Waals surface area (Å²) in [6.45, 7) is 7.25. The quantitative estimate of drug-likeness (QED) is 0.264. The second-order valence-corrected chi connectivity index (χ2v) is 4.57. The molecule has 6 nitrogen and oxygen atoms in total. The van der Waals surface area contributed by atoms with Crippen molar-refractivity contribution in [3.05, 3.63) is 24.8 Å². The highest BCUT2D eigenvalue weighted by Gasteiger charge is 2.24. The van der Waals surface area contributed by atoms with Gasteiger partial charge in [-0.15, -0.1) is 0 Å². The van der Waals surface area contributed by atoms with Crippen molar-refractivity contribution >= 4 is 13.8 Å². The van der Waals surface area contributed by atoms with Crippen LogP contribution >= 0.6 is 7.82 Å². The van der Waals surface area contributed by atoms with E-state index in [0.29, 0.717) is 0 Å². The minimum Gasteiger partial charge on any atom is -0.458 e. The zero-order valence-corrected chi connectivity index (χ0v) is 11.6. The van der Waals surface area contributed by atoms with Crippen LogP contribution in [0.2, 0.25) is 0 Å². The lowest BCUT2D eigenvalue weighted by molar-refractivity contribution is -0.136. The normalized spacial score (nSPS) is 11.7. The van der Waals surface area contributed by atoms with Gasteiger partial charge in [-0.05, 0) is 13.8 Å². The summed E-state index contributed by atoms with van der Waals surface area (Å²) in [5, 5.41) is 0. The van der Waals surface area contributed by atoms with Crippen LogP contribution in [0.4, 0.5) is 0 Å². The van der Waals surface area contributed by atoms with Crippen LogP contribution in [0, 0.1) is 0 Å². The molecule has 0 aromatic heterocycles. The summed E-state index contributed by atoms with van der Waals surface area (Å²) in [5.74, 6) is -0.527. The first kappa shape index (κ1) is 17.1. The number of carbonyl (C=O) groups excluding carboxylic acids is 1. The van der Waals surface area contributed by atoms with Crippen molar-refractivity contribution < 1.29 is 27.7 Å². The van der Waals surface area contributed by atoms with Crippen LogP contribution in [-0.2, 0) is 27.7 Å². The molecule has 0 N–H and O–H groups in total. The van der Waals surface area contributed by atoms with Gasteiger partial charge in [0.05, 0.1) is 19.8 Å². The Morgan fingerprint density at radius 2 is 1.78 bits per heavy atom. The van der Waals surface area contributed by atoms with Crippen molar-refractivity contribution in [1.29, 1.82) is 0 Å². The first-order valence-corrected chi connectivity index (χ1v) is 7.01. The second-order valence-electron chi connectivity index (χ2n) is 2.90. The van der Waals surface area contributed by atoms with Gasteiger partial charge in [0.2, 0.25) is 0 Å². The van der Waals surface area contributed by atoms with E-state index in [1.165, 1.54) is 18.2 Å². The molecule has 0 aliphatic heterocycles. The monoisotopic (exact) mass is 278 g/mol. The molecule has 0 radical (unpaired) electrons. The molecule has 0 rings (SSSR count). The smallest absolute Gasteiger partial charge is 0.458 e. The van der Waals surface area contributed by atoms with E-state index in [0.717, 1.165) is 0 Å². The van der Waals surface area contributed by atoms with Crippen molar-refractivity contribution in [3.63, 3.8) is 0 Å². The summed E-state index contributed by atoms with van der Waals surface area (Å²) in [6, 6.07) is 0. The molecule has 0 amide bonds. The molecule has 0 saturated carbocycles. The van der Waals surface area contributed by atoms with Crippen LogP contribution in [0.5, 0.6) is 0 Å². The molecule has 0 aromatic carbocycles. The highest BCUT2D eigenvalue weighted by molar-refractivity contribution is 7.48. The molecule has 0 spiro atoms. The fourth-order valence-electron chi connectivity index (χ4n) is 0.896. The average Bonchev–Trinajstić information content (AvgIpc) is 2.33. The molecule has 0 atom stereocenters. The zero-order chi connectivity index (χ0) is 13.9. The van der Waals surface area contributed by atoms with Crippen LogP contribution in [0.25, 0.3) is 0 Å². The predicted molar refractivity (Wildman–Crippen MR) is 67.1 cm³/mol. The van der Waals surface area contributed by atoms with Gasteiger partial charge in [-0.1, -0.05) is 18.7 Å². The third kappa shape index (κ3) is 8.20. The summed E-state index contributed by atoms with van der Waals surface area (Å²) in [4.78, 5) is 11.0. The largest absolute Gasteiger partial charge is 0.475 e. The highest BCUT2D eigenvalue weighted by Crippen LogP contribution is 2.48. The Kier molecular flexibility index (Phi) is 9.50. The van der Waals surface area contributed by atoms with Gasteiger partial charge in [0.1, 0.15) is 6.61 Å². The van der Waals surface area contributed by atoms with Crippen molar-refractivity contribution in [2.75, 3.05) is 26.4 Å². The number of phosphoric ester groups is 1. The molecular formula is C11H19O6P. The topological polar surface area (TPSA) is 71.1 Å².